The molecule has 0 aliphatic carbocycles. The SMILES string of the molecule is CC(c1ccc2c(c1)OCO2)N1CCOCC1CC(=O)O. The van der Waals surface area contributed by atoms with Crippen molar-refractivity contribution in [3.8, 4) is 11.5 Å². The van der Waals surface area contributed by atoms with Crippen molar-refractivity contribution in [2.45, 2.75) is 25.4 Å². The van der Waals surface area contributed by atoms with E-state index in [-0.39, 0.29) is 25.3 Å². The standard InChI is InChI=1S/C15H19NO5/c1-10(11-2-3-13-14(6-11)21-9-20-13)16-4-5-19-8-12(16)7-15(17)18/h2-3,6,10,12H,4-5,7-9H2,1H3,(H,17,18). The molecule has 0 aromatic heterocycles. The van der Waals surface area contributed by atoms with Crippen LogP contribution < -0.4 is 9.47 Å². The van der Waals surface area contributed by atoms with E-state index in [0.29, 0.717) is 13.2 Å². The topological polar surface area (TPSA) is 68.2 Å². The van der Waals surface area contributed by atoms with Gasteiger partial charge in [0.15, 0.2) is 11.5 Å². The Morgan fingerprint density at radius 2 is 2.24 bits per heavy atom. The number of carboxylic acids is 1. The number of rotatable bonds is 4. The number of carbonyl (C=O) groups is 1. The van der Waals surface area contributed by atoms with Crippen LogP contribution >= 0.6 is 0 Å². The van der Waals surface area contributed by atoms with E-state index in [1.165, 1.54) is 0 Å². The number of benzene rings is 1. The van der Waals surface area contributed by atoms with Crippen LogP contribution in [0.2, 0.25) is 0 Å². The molecule has 114 valence electrons. The van der Waals surface area contributed by atoms with E-state index >= 15 is 0 Å². The molecule has 3 rings (SSSR count). The van der Waals surface area contributed by atoms with Gasteiger partial charge in [0.2, 0.25) is 6.79 Å². The molecule has 0 amide bonds. The van der Waals surface area contributed by atoms with Gasteiger partial charge < -0.3 is 19.3 Å². The summed E-state index contributed by atoms with van der Waals surface area (Å²) in [6.07, 6.45) is 0.0922. The fourth-order valence-electron chi connectivity index (χ4n) is 2.92. The van der Waals surface area contributed by atoms with E-state index in [1.54, 1.807) is 0 Å². The molecule has 0 saturated carbocycles. The maximum Gasteiger partial charge on any atom is 0.305 e. The van der Waals surface area contributed by atoms with Crippen LogP contribution in [0.5, 0.6) is 11.5 Å². The van der Waals surface area contributed by atoms with Gasteiger partial charge in [-0.1, -0.05) is 6.07 Å². The highest BCUT2D eigenvalue weighted by molar-refractivity contribution is 5.67. The summed E-state index contributed by atoms with van der Waals surface area (Å²) in [6, 6.07) is 5.89. The Morgan fingerprint density at radius 3 is 3.05 bits per heavy atom. The highest BCUT2D eigenvalue weighted by Crippen LogP contribution is 2.36. The minimum Gasteiger partial charge on any atom is -0.481 e. The van der Waals surface area contributed by atoms with Crippen LogP contribution in [-0.2, 0) is 9.53 Å². The van der Waals surface area contributed by atoms with Gasteiger partial charge in [0.1, 0.15) is 0 Å². The Hall–Kier alpha value is -1.79. The first kappa shape index (κ1) is 14.2. The first-order valence-electron chi connectivity index (χ1n) is 7.10. The van der Waals surface area contributed by atoms with Crippen LogP contribution in [0, 0.1) is 0 Å². The molecular weight excluding hydrogens is 274 g/mol. The van der Waals surface area contributed by atoms with Gasteiger partial charge in [-0.25, -0.2) is 0 Å². The van der Waals surface area contributed by atoms with E-state index < -0.39 is 5.97 Å². The fraction of sp³-hybridized carbons (Fsp3) is 0.533. The highest BCUT2D eigenvalue weighted by Gasteiger charge is 2.30. The molecule has 1 aromatic carbocycles. The molecule has 2 aliphatic heterocycles. The summed E-state index contributed by atoms with van der Waals surface area (Å²) >= 11 is 0. The molecule has 2 atom stereocenters. The third-order valence-corrected chi connectivity index (χ3v) is 4.06. The van der Waals surface area contributed by atoms with Crippen molar-refractivity contribution >= 4 is 5.97 Å². The summed E-state index contributed by atoms with van der Waals surface area (Å²) in [4.78, 5) is 13.2. The molecule has 1 N–H and O–H groups in total. The minimum atomic E-state index is -0.798. The van der Waals surface area contributed by atoms with Crippen LogP contribution in [0.15, 0.2) is 18.2 Å². The number of carboxylic acid groups (broad SMARTS) is 1. The number of hydrogen-bond acceptors (Lipinski definition) is 5. The molecule has 2 unspecified atom stereocenters. The molecule has 6 nitrogen and oxygen atoms in total. The van der Waals surface area contributed by atoms with Crippen LogP contribution in [0.1, 0.15) is 24.9 Å². The predicted molar refractivity (Wildman–Crippen MR) is 74.5 cm³/mol. The van der Waals surface area contributed by atoms with E-state index in [1.807, 2.05) is 18.2 Å². The highest BCUT2D eigenvalue weighted by atomic mass is 16.7. The lowest BCUT2D eigenvalue weighted by molar-refractivity contribution is -0.140. The average molecular weight is 293 g/mol. The minimum absolute atomic E-state index is 0.0922. The number of hydrogen-bond donors (Lipinski definition) is 1. The first-order valence-corrected chi connectivity index (χ1v) is 7.10. The number of morpholine rings is 1. The van der Waals surface area contributed by atoms with Gasteiger partial charge >= 0.3 is 5.97 Å². The zero-order valence-corrected chi connectivity index (χ0v) is 11.9. The van der Waals surface area contributed by atoms with E-state index in [0.717, 1.165) is 23.6 Å². The Bertz CT molecular complexity index is 533. The molecule has 2 aliphatic rings. The second kappa shape index (κ2) is 5.91. The predicted octanol–water partition coefficient (Wildman–Crippen LogP) is 1.65. The molecule has 1 saturated heterocycles. The Labute approximate surface area is 123 Å². The van der Waals surface area contributed by atoms with Gasteiger partial charge in [-0.3, -0.25) is 9.69 Å². The van der Waals surface area contributed by atoms with Crippen LogP contribution in [0.4, 0.5) is 0 Å². The van der Waals surface area contributed by atoms with Crippen LogP contribution in [-0.4, -0.2) is 48.6 Å². The molecule has 6 heteroatoms. The van der Waals surface area contributed by atoms with Crippen LogP contribution in [0.25, 0.3) is 0 Å². The summed E-state index contributed by atoms with van der Waals surface area (Å²) in [5.74, 6) is 0.714. The van der Waals surface area contributed by atoms with Gasteiger partial charge in [0, 0.05) is 18.6 Å². The zero-order chi connectivity index (χ0) is 14.8. The van der Waals surface area contributed by atoms with Gasteiger partial charge in [-0.05, 0) is 24.6 Å². The Kier molecular flexibility index (Phi) is 3.98. The maximum absolute atomic E-state index is 11.0. The zero-order valence-electron chi connectivity index (χ0n) is 11.9. The Balaban J connectivity index is 1.78. The second-order valence-corrected chi connectivity index (χ2v) is 5.35. The normalized spacial score (nSPS) is 23.0. The van der Waals surface area contributed by atoms with E-state index in [4.69, 9.17) is 19.3 Å². The monoisotopic (exact) mass is 293 g/mol. The van der Waals surface area contributed by atoms with Gasteiger partial charge in [0.05, 0.1) is 19.6 Å². The van der Waals surface area contributed by atoms with Crippen LogP contribution in [0.3, 0.4) is 0 Å². The van der Waals surface area contributed by atoms with Crippen molar-refractivity contribution in [3.05, 3.63) is 23.8 Å². The van der Waals surface area contributed by atoms with E-state index in [9.17, 15) is 4.79 Å². The van der Waals surface area contributed by atoms with Gasteiger partial charge in [-0.2, -0.15) is 0 Å². The Morgan fingerprint density at radius 1 is 1.43 bits per heavy atom. The summed E-state index contributed by atoms with van der Waals surface area (Å²) < 4.78 is 16.2. The van der Waals surface area contributed by atoms with Crippen molar-refractivity contribution in [1.29, 1.82) is 0 Å². The summed E-state index contributed by atoms with van der Waals surface area (Å²) in [7, 11) is 0. The fourth-order valence-corrected chi connectivity index (χ4v) is 2.92. The van der Waals surface area contributed by atoms with Crippen molar-refractivity contribution in [2.24, 2.45) is 0 Å². The largest absolute Gasteiger partial charge is 0.481 e. The lowest BCUT2D eigenvalue weighted by Crippen LogP contribution is -2.47. The number of ether oxygens (including phenoxy) is 3. The van der Waals surface area contributed by atoms with E-state index in [2.05, 4.69) is 11.8 Å². The molecular formula is C15H19NO5. The molecule has 0 radical (unpaired) electrons. The average Bonchev–Trinajstić information content (AvgIpc) is 2.94. The smallest absolute Gasteiger partial charge is 0.305 e. The number of aliphatic carboxylic acids is 1. The molecule has 0 spiro atoms. The van der Waals surface area contributed by atoms with Crippen molar-refractivity contribution < 1.29 is 24.1 Å². The third-order valence-electron chi connectivity index (χ3n) is 4.06. The lowest BCUT2D eigenvalue weighted by Gasteiger charge is -2.39. The molecule has 21 heavy (non-hydrogen) atoms. The quantitative estimate of drug-likeness (QED) is 0.910. The van der Waals surface area contributed by atoms with Crippen molar-refractivity contribution in [1.82, 2.24) is 4.90 Å². The molecule has 2 heterocycles. The third kappa shape index (κ3) is 2.96. The summed E-state index contributed by atoms with van der Waals surface area (Å²) in [6.45, 7) is 4.16. The first-order chi connectivity index (χ1) is 10.1. The van der Waals surface area contributed by atoms with Crippen molar-refractivity contribution in [2.75, 3.05) is 26.6 Å². The second-order valence-electron chi connectivity index (χ2n) is 5.35. The maximum atomic E-state index is 11.0. The van der Waals surface area contributed by atoms with Crippen molar-refractivity contribution in [3.63, 3.8) is 0 Å². The summed E-state index contributed by atoms with van der Waals surface area (Å²) in [5, 5.41) is 9.04. The van der Waals surface area contributed by atoms with Gasteiger partial charge in [0.25, 0.3) is 0 Å². The van der Waals surface area contributed by atoms with Gasteiger partial charge in [-0.15, -0.1) is 0 Å². The summed E-state index contributed by atoms with van der Waals surface area (Å²) in [5.41, 5.74) is 1.09. The molecule has 1 fully saturated rings. The molecule has 0 bridgehead atoms. The number of fused-ring (bicyclic) bond motifs is 1. The lowest BCUT2D eigenvalue weighted by atomic mass is 10.0. The molecule has 1 aromatic rings. The number of nitrogens with zero attached hydrogens (tertiary/aromatic N) is 1.